The molecule has 0 unspecified atom stereocenters. The highest BCUT2D eigenvalue weighted by Gasteiger charge is 2.44. The highest BCUT2D eigenvalue weighted by atomic mass is 32.2. The molecule has 0 bridgehead atoms. The van der Waals surface area contributed by atoms with Crippen molar-refractivity contribution in [2.45, 2.75) is 49.3 Å². The third-order valence-electron chi connectivity index (χ3n) is 4.04. The molecular weight excluding hydrogens is 248 g/mol. The molecule has 0 saturated heterocycles. The number of aromatic nitrogens is 2. The molecule has 1 N–H and O–H groups in total. The van der Waals surface area contributed by atoms with Crippen molar-refractivity contribution in [1.82, 2.24) is 9.13 Å². The summed E-state index contributed by atoms with van der Waals surface area (Å²) in [6.07, 6.45) is 7.34. The predicted octanol–water partition coefficient (Wildman–Crippen LogP) is 2.41. The summed E-state index contributed by atoms with van der Waals surface area (Å²) < 4.78 is 3.29. The molecule has 1 spiro atoms. The van der Waals surface area contributed by atoms with Gasteiger partial charge in [-0.1, -0.05) is 25.3 Å². The molecule has 4 nitrogen and oxygen atoms in total. The fourth-order valence-electron chi connectivity index (χ4n) is 3.16. The van der Waals surface area contributed by atoms with E-state index in [0.29, 0.717) is 6.54 Å². The average Bonchev–Trinajstić information content (AvgIpc) is 2.85. The lowest BCUT2D eigenvalue weighted by atomic mass is 9.94. The van der Waals surface area contributed by atoms with Gasteiger partial charge >= 0.3 is 5.69 Å². The van der Waals surface area contributed by atoms with Gasteiger partial charge in [0.1, 0.15) is 0 Å². The molecule has 1 aromatic rings. The van der Waals surface area contributed by atoms with Gasteiger partial charge in [0.15, 0.2) is 0 Å². The largest absolute Gasteiger partial charge is 0.493 e. The summed E-state index contributed by atoms with van der Waals surface area (Å²) in [6.45, 7) is 4.02. The maximum atomic E-state index is 12.4. The molecule has 1 aliphatic carbocycles. The second kappa shape index (κ2) is 4.23. The number of allylic oxidation sites excluding steroid dienone is 1. The van der Waals surface area contributed by atoms with E-state index in [1.165, 1.54) is 23.8 Å². The topological polar surface area (TPSA) is 47.2 Å². The summed E-state index contributed by atoms with van der Waals surface area (Å²) in [7, 11) is 0. The van der Waals surface area contributed by atoms with E-state index in [1.807, 2.05) is 16.3 Å². The van der Waals surface area contributed by atoms with E-state index in [9.17, 15) is 9.90 Å². The molecule has 1 fully saturated rings. The van der Waals surface area contributed by atoms with Crippen molar-refractivity contribution < 1.29 is 5.11 Å². The molecule has 0 aromatic carbocycles. The Kier molecular flexibility index (Phi) is 2.81. The maximum absolute atomic E-state index is 12.4. The molecular formula is C13H18N2O2S. The lowest BCUT2D eigenvalue weighted by Gasteiger charge is -2.33. The van der Waals surface area contributed by atoms with Crippen LogP contribution in [-0.2, 0) is 17.2 Å². The Morgan fingerprint density at radius 2 is 2.11 bits per heavy atom. The molecule has 98 valence electrons. The van der Waals surface area contributed by atoms with E-state index < -0.39 is 0 Å². The number of thioether (sulfide) groups is 1. The van der Waals surface area contributed by atoms with Crippen LogP contribution in [0, 0.1) is 0 Å². The van der Waals surface area contributed by atoms with Gasteiger partial charge in [-0.2, -0.15) is 0 Å². The minimum absolute atomic E-state index is 0.0747. The van der Waals surface area contributed by atoms with Crippen LogP contribution in [0.5, 0.6) is 5.88 Å². The Hall–Kier alpha value is -1.10. The Morgan fingerprint density at radius 1 is 1.39 bits per heavy atom. The van der Waals surface area contributed by atoms with Gasteiger partial charge in [0.05, 0.1) is 10.6 Å². The first-order chi connectivity index (χ1) is 8.69. The second-order valence-electron chi connectivity index (χ2n) is 5.08. The van der Waals surface area contributed by atoms with E-state index >= 15 is 0 Å². The van der Waals surface area contributed by atoms with Crippen molar-refractivity contribution in [3.8, 4) is 5.88 Å². The summed E-state index contributed by atoms with van der Waals surface area (Å²) in [5.74, 6) is 0.875. The molecule has 1 saturated carbocycles. The lowest BCUT2D eigenvalue weighted by Crippen LogP contribution is -2.38. The highest BCUT2D eigenvalue weighted by Crippen LogP contribution is 2.51. The molecule has 0 amide bonds. The van der Waals surface area contributed by atoms with Gasteiger partial charge in [0, 0.05) is 12.3 Å². The third kappa shape index (κ3) is 1.49. The monoisotopic (exact) mass is 266 g/mol. The number of fused-ring (bicyclic) bond motifs is 2. The smallest absolute Gasteiger partial charge is 0.332 e. The van der Waals surface area contributed by atoms with E-state index in [0.717, 1.165) is 24.3 Å². The second-order valence-corrected chi connectivity index (χ2v) is 6.42. The zero-order chi connectivity index (χ0) is 12.8. The molecule has 0 radical (unpaired) electrons. The fraction of sp³-hybridized carbons (Fsp3) is 0.615. The van der Waals surface area contributed by atoms with Gasteiger partial charge in [-0.15, -0.1) is 18.3 Å². The van der Waals surface area contributed by atoms with Crippen molar-refractivity contribution in [3.63, 3.8) is 0 Å². The minimum Gasteiger partial charge on any atom is -0.493 e. The van der Waals surface area contributed by atoms with Crippen molar-refractivity contribution >= 4 is 11.8 Å². The Labute approximate surface area is 110 Å². The average molecular weight is 266 g/mol. The molecule has 1 aliphatic heterocycles. The number of aromatic hydroxyl groups is 1. The first kappa shape index (κ1) is 12.0. The van der Waals surface area contributed by atoms with Crippen LogP contribution in [0.2, 0.25) is 0 Å². The standard InChI is InChI=1S/C13H18N2O2S/c1-2-8-14-11(16)10-9-18-13(15(10)12(14)17)6-4-3-5-7-13/h2,16H,1,3-9H2. The highest BCUT2D eigenvalue weighted by molar-refractivity contribution is 7.99. The molecule has 1 aromatic heterocycles. The third-order valence-corrected chi connectivity index (χ3v) is 5.58. The summed E-state index contributed by atoms with van der Waals surface area (Å²) in [5.41, 5.74) is 0.725. The van der Waals surface area contributed by atoms with Crippen molar-refractivity contribution in [2.24, 2.45) is 0 Å². The molecule has 0 atom stereocenters. The molecule has 3 rings (SSSR count). The van der Waals surface area contributed by atoms with Gasteiger partial charge in [0.25, 0.3) is 0 Å². The fourth-order valence-corrected chi connectivity index (χ4v) is 4.72. The number of imidazole rings is 1. The number of nitrogens with zero attached hydrogens (tertiary/aromatic N) is 2. The van der Waals surface area contributed by atoms with Crippen molar-refractivity contribution in [1.29, 1.82) is 0 Å². The SMILES string of the molecule is C=CCn1c(O)c2n(c1=O)C1(CCCCC1)SC2. The van der Waals surface area contributed by atoms with Gasteiger partial charge < -0.3 is 5.11 Å². The van der Waals surface area contributed by atoms with Gasteiger partial charge in [0.2, 0.25) is 5.88 Å². The summed E-state index contributed by atoms with van der Waals surface area (Å²) >= 11 is 1.82. The van der Waals surface area contributed by atoms with Crippen LogP contribution >= 0.6 is 11.8 Å². The van der Waals surface area contributed by atoms with Crippen LogP contribution in [0.3, 0.4) is 0 Å². The van der Waals surface area contributed by atoms with Crippen LogP contribution < -0.4 is 5.69 Å². The van der Waals surface area contributed by atoms with Crippen molar-refractivity contribution in [3.05, 3.63) is 28.8 Å². The minimum atomic E-state index is -0.0887. The maximum Gasteiger partial charge on any atom is 0.332 e. The zero-order valence-corrected chi connectivity index (χ0v) is 11.2. The lowest BCUT2D eigenvalue weighted by molar-refractivity contribution is 0.306. The first-order valence-corrected chi connectivity index (χ1v) is 7.47. The van der Waals surface area contributed by atoms with E-state index in [4.69, 9.17) is 0 Å². The van der Waals surface area contributed by atoms with Crippen molar-refractivity contribution in [2.75, 3.05) is 0 Å². The summed E-state index contributed by atoms with van der Waals surface area (Å²) in [5, 5.41) is 10.2. The Morgan fingerprint density at radius 3 is 2.78 bits per heavy atom. The number of rotatable bonds is 2. The van der Waals surface area contributed by atoms with Crippen LogP contribution in [0.4, 0.5) is 0 Å². The van der Waals surface area contributed by atoms with E-state index in [1.54, 1.807) is 6.08 Å². The Balaban J connectivity index is 2.13. The van der Waals surface area contributed by atoms with Crippen LogP contribution in [0.15, 0.2) is 17.4 Å². The first-order valence-electron chi connectivity index (χ1n) is 6.48. The van der Waals surface area contributed by atoms with Crippen LogP contribution in [0.1, 0.15) is 37.8 Å². The number of hydrogen-bond donors (Lipinski definition) is 1. The predicted molar refractivity (Wildman–Crippen MR) is 72.9 cm³/mol. The van der Waals surface area contributed by atoms with E-state index in [-0.39, 0.29) is 16.4 Å². The molecule has 2 heterocycles. The van der Waals surface area contributed by atoms with Gasteiger partial charge in [-0.05, 0) is 12.8 Å². The van der Waals surface area contributed by atoms with Gasteiger partial charge in [-0.25, -0.2) is 4.79 Å². The molecule has 2 aliphatic rings. The zero-order valence-electron chi connectivity index (χ0n) is 10.4. The van der Waals surface area contributed by atoms with Crippen LogP contribution in [-0.4, -0.2) is 14.2 Å². The quantitative estimate of drug-likeness (QED) is 0.836. The Bertz CT molecular complexity index is 538. The summed E-state index contributed by atoms with van der Waals surface area (Å²) in [4.78, 5) is 12.4. The van der Waals surface area contributed by atoms with Gasteiger partial charge in [-0.3, -0.25) is 9.13 Å². The molecule has 18 heavy (non-hydrogen) atoms. The number of hydrogen-bond acceptors (Lipinski definition) is 3. The summed E-state index contributed by atoms with van der Waals surface area (Å²) in [6, 6.07) is 0. The normalized spacial score (nSPS) is 21.1. The van der Waals surface area contributed by atoms with E-state index in [2.05, 4.69) is 6.58 Å². The molecule has 5 heteroatoms. The van der Waals surface area contributed by atoms with Crippen LogP contribution in [0.25, 0.3) is 0 Å².